The van der Waals surface area contributed by atoms with Gasteiger partial charge in [0.2, 0.25) is 0 Å². The summed E-state index contributed by atoms with van der Waals surface area (Å²) in [5.74, 6) is 2.88. The molecule has 1 aliphatic rings. The summed E-state index contributed by atoms with van der Waals surface area (Å²) in [4.78, 5) is 3.96. The third kappa shape index (κ3) is 1.35. The van der Waals surface area contributed by atoms with Crippen molar-refractivity contribution >= 4 is 11.6 Å². The van der Waals surface area contributed by atoms with Gasteiger partial charge in [0.15, 0.2) is 0 Å². The van der Waals surface area contributed by atoms with Crippen LogP contribution in [0.15, 0.2) is 30.6 Å². The van der Waals surface area contributed by atoms with Gasteiger partial charge in [0.25, 0.3) is 0 Å². The monoisotopic (exact) mass is 157 g/mol. The Morgan fingerprint density at radius 2 is 2.17 bits per heavy atom. The molecule has 0 bridgehead atoms. The fraction of sp³-hybridized carbons (Fsp3) is 0.200. The molecule has 2 nitrogen and oxygen atoms in total. The van der Waals surface area contributed by atoms with Gasteiger partial charge in [-0.1, -0.05) is 0 Å². The highest BCUT2D eigenvalue weighted by Crippen LogP contribution is 2.03. The average molecular weight is 157 g/mol. The zero-order valence-corrected chi connectivity index (χ0v) is 6.70. The van der Waals surface area contributed by atoms with E-state index in [0.717, 1.165) is 24.1 Å². The quantitative estimate of drug-likeness (QED) is 0.558. The SMILES string of the molecule is C1=CCCC(c2ccncc2)=[N+]=1. The molecule has 0 fully saturated rings. The molecule has 0 N–H and O–H groups in total. The summed E-state index contributed by atoms with van der Waals surface area (Å²) in [7, 11) is 0. The molecule has 0 aliphatic carbocycles. The van der Waals surface area contributed by atoms with Crippen LogP contribution in [0.1, 0.15) is 18.4 Å². The molecule has 0 saturated carbocycles. The Morgan fingerprint density at radius 3 is 2.83 bits per heavy atom. The van der Waals surface area contributed by atoms with Gasteiger partial charge in [-0.3, -0.25) is 4.98 Å². The predicted octanol–water partition coefficient (Wildman–Crippen LogP) is 0.958. The first-order valence-electron chi connectivity index (χ1n) is 4.01. The molecule has 0 amide bonds. The predicted molar refractivity (Wildman–Crippen MR) is 49.3 cm³/mol. The molecule has 0 spiro atoms. The number of rotatable bonds is 1. The number of hydrogen-bond acceptors (Lipinski definition) is 1. The number of pyridine rings is 1. The summed E-state index contributed by atoms with van der Waals surface area (Å²) in [5, 5.41) is 0. The largest absolute Gasteiger partial charge is 0.324 e. The van der Waals surface area contributed by atoms with E-state index in [-0.39, 0.29) is 0 Å². The summed E-state index contributed by atoms with van der Waals surface area (Å²) in [6.07, 6.45) is 7.59. The number of aromatic nitrogens is 1. The van der Waals surface area contributed by atoms with Gasteiger partial charge in [0.05, 0.1) is 12.0 Å². The minimum absolute atomic E-state index is 1.01. The summed E-state index contributed by atoms with van der Waals surface area (Å²) < 4.78 is 4.18. The molecule has 2 rings (SSSR count). The summed E-state index contributed by atoms with van der Waals surface area (Å²) in [5.41, 5.74) is 2.27. The molecule has 0 unspecified atom stereocenters. The molecule has 1 aliphatic heterocycles. The van der Waals surface area contributed by atoms with Crippen molar-refractivity contribution in [1.29, 1.82) is 0 Å². The molecule has 12 heavy (non-hydrogen) atoms. The van der Waals surface area contributed by atoms with Crippen molar-refractivity contribution in [2.45, 2.75) is 12.8 Å². The zero-order chi connectivity index (χ0) is 8.23. The number of hydrogen-bond donors (Lipinski definition) is 0. The van der Waals surface area contributed by atoms with E-state index in [1.165, 1.54) is 0 Å². The molecular formula is C10H9N2+. The third-order valence-corrected chi connectivity index (χ3v) is 1.83. The lowest BCUT2D eigenvalue weighted by Crippen LogP contribution is -2.06. The first-order valence-corrected chi connectivity index (χ1v) is 4.01. The summed E-state index contributed by atoms with van der Waals surface area (Å²) in [6, 6.07) is 3.96. The molecule has 2 heterocycles. The highest BCUT2D eigenvalue weighted by molar-refractivity contribution is 6.01. The smallest absolute Gasteiger partial charge is 0.265 e. The molecule has 0 aromatic carbocycles. The standard InChI is InChI=1S/C10H9N2/c1-2-6-12-10(3-1)9-4-7-11-8-5-9/h2,4-5,7-8H,1,3H2/q+1. The van der Waals surface area contributed by atoms with E-state index in [1.807, 2.05) is 18.2 Å². The van der Waals surface area contributed by atoms with Gasteiger partial charge in [0, 0.05) is 18.5 Å². The minimum atomic E-state index is 1.01. The van der Waals surface area contributed by atoms with Crippen LogP contribution in [-0.2, 0) is 0 Å². The molecule has 1 aromatic rings. The van der Waals surface area contributed by atoms with Crippen LogP contribution >= 0.6 is 0 Å². The highest BCUT2D eigenvalue weighted by Gasteiger charge is 2.13. The van der Waals surface area contributed by atoms with Crippen LogP contribution in [0.5, 0.6) is 0 Å². The van der Waals surface area contributed by atoms with Crippen molar-refractivity contribution in [3.8, 4) is 0 Å². The lowest BCUT2D eigenvalue weighted by Gasteiger charge is -1.92. The van der Waals surface area contributed by atoms with Gasteiger partial charge >= 0.3 is 11.6 Å². The lowest BCUT2D eigenvalue weighted by molar-refractivity contribution is 1.09. The topological polar surface area (TPSA) is 27.0 Å². The molecular weight excluding hydrogens is 148 g/mol. The van der Waals surface area contributed by atoms with Gasteiger partial charge in [-0.25, -0.2) is 0 Å². The molecule has 0 atom stereocenters. The third-order valence-electron chi connectivity index (χ3n) is 1.83. The Morgan fingerprint density at radius 1 is 1.33 bits per heavy atom. The van der Waals surface area contributed by atoms with Crippen LogP contribution in [0.2, 0.25) is 0 Å². The first kappa shape index (κ1) is 7.05. The average Bonchev–Trinajstić information content (AvgIpc) is 2.21. The van der Waals surface area contributed by atoms with Crippen molar-refractivity contribution < 1.29 is 0 Å². The van der Waals surface area contributed by atoms with Crippen LogP contribution in [0.25, 0.3) is 0 Å². The van der Waals surface area contributed by atoms with Gasteiger partial charge in [-0.2, -0.15) is 0 Å². The van der Waals surface area contributed by atoms with E-state index in [4.69, 9.17) is 0 Å². The van der Waals surface area contributed by atoms with Crippen LogP contribution in [-0.4, -0.2) is 16.6 Å². The van der Waals surface area contributed by atoms with Gasteiger partial charge in [0.1, 0.15) is 0 Å². The summed E-state index contributed by atoms with van der Waals surface area (Å²) >= 11 is 0. The zero-order valence-electron chi connectivity index (χ0n) is 6.70. The molecule has 0 saturated heterocycles. The van der Waals surface area contributed by atoms with E-state index in [9.17, 15) is 0 Å². The maximum atomic E-state index is 4.18. The second kappa shape index (κ2) is 3.19. The van der Waals surface area contributed by atoms with E-state index in [0.29, 0.717) is 0 Å². The Bertz CT molecular complexity index is 366. The second-order valence-electron chi connectivity index (χ2n) is 2.67. The van der Waals surface area contributed by atoms with E-state index in [2.05, 4.69) is 15.5 Å². The van der Waals surface area contributed by atoms with Gasteiger partial charge < -0.3 is 0 Å². The van der Waals surface area contributed by atoms with E-state index < -0.39 is 0 Å². The Labute approximate surface area is 71.0 Å². The Kier molecular flexibility index (Phi) is 1.87. The Balaban J connectivity index is 2.45. The van der Waals surface area contributed by atoms with Crippen LogP contribution < -0.4 is 4.67 Å². The van der Waals surface area contributed by atoms with Crippen LogP contribution in [0.3, 0.4) is 0 Å². The Hall–Kier alpha value is -1.62. The number of nitrogens with zero attached hydrogens (tertiary/aromatic N) is 2. The van der Waals surface area contributed by atoms with Crippen LogP contribution in [0, 0.1) is 0 Å². The maximum absolute atomic E-state index is 4.18. The molecule has 58 valence electrons. The van der Waals surface area contributed by atoms with E-state index in [1.54, 1.807) is 12.4 Å². The molecule has 0 radical (unpaired) electrons. The van der Waals surface area contributed by atoms with Crippen molar-refractivity contribution in [3.63, 3.8) is 0 Å². The first-order chi connectivity index (χ1) is 5.97. The molecule has 1 aromatic heterocycles. The van der Waals surface area contributed by atoms with Crippen LogP contribution in [0.4, 0.5) is 0 Å². The molecule has 2 heteroatoms. The number of allylic oxidation sites excluding steroid dienone is 1. The maximum Gasteiger partial charge on any atom is 0.324 e. The van der Waals surface area contributed by atoms with Crippen molar-refractivity contribution in [2.24, 2.45) is 0 Å². The van der Waals surface area contributed by atoms with Gasteiger partial charge in [-0.15, -0.1) is 0 Å². The lowest BCUT2D eigenvalue weighted by atomic mass is 10.1. The second-order valence-corrected chi connectivity index (χ2v) is 2.67. The van der Waals surface area contributed by atoms with E-state index >= 15 is 0 Å². The van der Waals surface area contributed by atoms with Crippen molar-refractivity contribution in [2.75, 3.05) is 0 Å². The van der Waals surface area contributed by atoms with Gasteiger partial charge in [-0.05, 0) is 23.2 Å². The van der Waals surface area contributed by atoms with Crippen molar-refractivity contribution in [3.05, 3.63) is 36.2 Å². The fourth-order valence-corrected chi connectivity index (χ4v) is 1.21. The minimum Gasteiger partial charge on any atom is -0.265 e. The summed E-state index contributed by atoms with van der Waals surface area (Å²) in [6.45, 7) is 0. The fourth-order valence-electron chi connectivity index (χ4n) is 1.21. The normalized spacial score (nSPS) is 14.5. The highest BCUT2D eigenvalue weighted by atomic mass is 14.6. The van der Waals surface area contributed by atoms with Crippen molar-refractivity contribution in [1.82, 2.24) is 9.65 Å².